The van der Waals surface area contributed by atoms with E-state index in [1.165, 1.54) is 12.8 Å². The summed E-state index contributed by atoms with van der Waals surface area (Å²) in [5, 5.41) is 13.0. The van der Waals surface area contributed by atoms with E-state index in [-0.39, 0.29) is 5.92 Å². The standard InChI is InChI=1S/C9H11N3/c1-12-6-8(5-11-12)9(4-10)7-2-3-7/h5-7,9H,2-3H2,1H3. The molecule has 1 atom stereocenters. The first kappa shape index (κ1) is 7.35. The van der Waals surface area contributed by atoms with Crippen LogP contribution < -0.4 is 0 Å². The van der Waals surface area contributed by atoms with Gasteiger partial charge in [-0.1, -0.05) is 0 Å². The lowest BCUT2D eigenvalue weighted by Gasteiger charge is -2.01. The first-order valence-electron chi connectivity index (χ1n) is 4.19. The quantitative estimate of drug-likeness (QED) is 0.658. The smallest absolute Gasteiger partial charge is 0.0771 e. The van der Waals surface area contributed by atoms with Crippen LogP contribution in [0.15, 0.2) is 12.4 Å². The average molecular weight is 161 g/mol. The molecule has 0 aromatic carbocycles. The molecule has 2 rings (SSSR count). The van der Waals surface area contributed by atoms with Gasteiger partial charge in [-0.05, 0) is 18.8 Å². The number of hydrogen-bond donors (Lipinski definition) is 0. The van der Waals surface area contributed by atoms with Gasteiger partial charge < -0.3 is 0 Å². The summed E-state index contributed by atoms with van der Waals surface area (Å²) in [7, 11) is 1.88. The lowest BCUT2D eigenvalue weighted by atomic mass is 9.99. The van der Waals surface area contributed by atoms with Gasteiger partial charge in [0.15, 0.2) is 0 Å². The number of rotatable bonds is 2. The van der Waals surface area contributed by atoms with Gasteiger partial charge in [-0.25, -0.2) is 0 Å². The van der Waals surface area contributed by atoms with Gasteiger partial charge in [0.1, 0.15) is 0 Å². The normalized spacial score (nSPS) is 18.7. The van der Waals surface area contributed by atoms with Crippen LogP contribution in [0.4, 0.5) is 0 Å². The van der Waals surface area contributed by atoms with Crippen molar-refractivity contribution in [1.29, 1.82) is 5.26 Å². The molecule has 1 aromatic rings. The summed E-state index contributed by atoms with van der Waals surface area (Å²) in [4.78, 5) is 0. The first-order valence-corrected chi connectivity index (χ1v) is 4.19. The molecule has 1 heterocycles. The molecule has 12 heavy (non-hydrogen) atoms. The number of hydrogen-bond acceptors (Lipinski definition) is 2. The highest BCUT2D eigenvalue weighted by atomic mass is 15.2. The molecule has 0 aliphatic heterocycles. The molecule has 0 saturated heterocycles. The summed E-state index contributed by atoms with van der Waals surface area (Å²) in [5.41, 5.74) is 1.07. The summed E-state index contributed by atoms with van der Waals surface area (Å²) in [6.45, 7) is 0. The Balaban J connectivity index is 2.22. The van der Waals surface area contributed by atoms with Crippen molar-refractivity contribution in [3.05, 3.63) is 18.0 Å². The molecule has 0 spiro atoms. The Morgan fingerprint density at radius 1 is 1.75 bits per heavy atom. The van der Waals surface area contributed by atoms with E-state index >= 15 is 0 Å². The minimum atomic E-state index is 0.0821. The van der Waals surface area contributed by atoms with E-state index in [9.17, 15) is 0 Å². The first-order chi connectivity index (χ1) is 5.81. The zero-order valence-corrected chi connectivity index (χ0v) is 7.07. The molecule has 0 bridgehead atoms. The molecule has 0 radical (unpaired) electrons. The van der Waals surface area contributed by atoms with Gasteiger partial charge >= 0.3 is 0 Å². The fourth-order valence-corrected chi connectivity index (χ4v) is 1.48. The number of aryl methyl sites for hydroxylation is 1. The van der Waals surface area contributed by atoms with Crippen LogP contribution in [0.2, 0.25) is 0 Å². The van der Waals surface area contributed by atoms with Crippen LogP contribution in [-0.2, 0) is 7.05 Å². The van der Waals surface area contributed by atoms with Crippen LogP contribution in [0.25, 0.3) is 0 Å². The summed E-state index contributed by atoms with van der Waals surface area (Å²) >= 11 is 0. The van der Waals surface area contributed by atoms with Crippen LogP contribution in [0.3, 0.4) is 0 Å². The van der Waals surface area contributed by atoms with E-state index in [0.717, 1.165) is 5.56 Å². The van der Waals surface area contributed by atoms with Crippen molar-refractivity contribution in [3.63, 3.8) is 0 Å². The average Bonchev–Trinajstić information content (AvgIpc) is 2.78. The molecule has 1 aliphatic carbocycles. The van der Waals surface area contributed by atoms with E-state index in [4.69, 9.17) is 5.26 Å². The van der Waals surface area contributed by atoms with Crippen molar-refractivity contribution in [2.75, 3.05) is 0 Å². The maximum atomic E-state index is 8.91. The molecular weight excluding hydrogens is 150 g/mol. The fourth-order valence-electron chi connectivity index (χ4n) is 1.48. The van der Waals surface area contributed by atoms with Crippen LogP contribution in [0.1, 0.15) is 24.3 Å². The Labute approximate surface area is 71.6 Å². The number of nitriles is 1. The predicted octanol–water partition coefficient (Wildman–Crippen LogP) is 1.44. The second kappa shape index (κ2) is 2.63. The van der Waals surface area contributed by atoms with E-state index < -0.39 is 0 Å². The van der Waals surface area contributed by atoms with Gasteiger partial charge in [0.2, 0.25) is 0 Å². The highest BCUT2D eigenvalue weighted by Crippen LogP contribution is 2.41. The Hall–Kier alpha value is -1.30. The van der Waals surface area contributed by atoms with Gasteiger partial charge in [-0.2, -0.15) is 10.4 Å². The van der Waals surface area contributed by atoms with E-state index in [1.807, 2.05) is 13.2 Å². The molecule has 0 N–H and O–H groups in total. The van der Waals surface area contributed by atoms with Gasteiger partial charge in [0.25, 0.3) is 0 Å². The molecule has 1 unspecified atom stereocenters. The van der Waals surface area contributed by atoms with Gasteiger partial charge in [-0.15, -0.1) is 0 Å². The summed E-state index contributed by atoms with van der Waals surface area (Å²) in [6, 6.07) is 2.34. The Morgan fingerprint density at radius 2 is 2.50 bits per heavy atom. The van der Waals surface area contributed by atoms with Crippen LogP contribution in [-0.4, -0.2) is 9.78 Å². The fraction of sp³-hybridized carbons (Fsp3) is 0.556. The second-order valence-electron chi connectivity index (χ2n) is 3.39. The molecule has 1 aromatic heterocycles. The van der Waals surface area contributed by atoms with Crippen molar-refractivity contribution in [2.24, 2.45) is 13.0 Å². The Kier molecular flexibility index (Phi) is 1.61. The van der Waals surface area contributed by atoms with Crippen LogP contribution in [0, 0.1) is 17.2 Å². The van der Waals surface area contributed by atoms with Crippen LogP contribution in [0.5, 0.6) is 0 Å². The largest absolute Gasteiger partial charge is 0.275 e. The van der Waals surface area contributed by atoms with E-state index in [1.54, 1.807) is 10.9 Å². The van der Waals surface area contributed by atoms with Crippen molar-refractivity contribution >= 4 is 0 Å². The van der Waals surface area contributed by atoms with Gasteiger partial charge in [0.05, 0.1) is 18.2 Å². The lowest BCUT2D eigenvalue weighted by molar-refractivity contribution is 0.734. The molecular formula is C9H11N3. The van der Waals surface area contributed by atoms with Gasteiger partial charge in [0, 0.05) is 18.8 Å². The highest BCUT2D eigenvalue weighted by Gasteiger charge is 2.32. The van der Waals surface area contributed by atoms with Crippen molar-refractivity contribution in [3.8, 4) is 6.07 Å². The number of nitrogens with zero attached hydrogens (tertiary/aromatic N) is 3. The Bertz CT molecular complexity index is 317. The third-order valence-electron chi connectivity index (χ3n) is 2.32. The third-order valence-corrected chi connectivity index (χ3v) is 2.32. The third kappa shape index (κ3) is 1.20. The maximum absolute atomic E-state index is 8.91. The van der Waals surface area contributed by atoms with Crippen molar-refractivity contribution in [1.82, 2.24) is 9.78 Å². The molecule has 3 nitrogen and oxygen atoms in total. The van der Waals surface area contributed by atoms with E-state index in [0.29, 0.717) is 5.92 Å². The Morgan fingerprint density at radius 3 is 2.92 bits per heavy atom. The minimum absolute atomic E-state index is 0.0821. The second-order valence-corrected chi connectivity index (χ2v) is 3.39. The monoisotopic (exact) mass is 161 g/mol. The molecule has 1 saturated carbocycles. The minimum Gasteiger partial charge on any atom is -0.275 e. The summed E-state index contributed by atoms with van der Waals surface area (Å²) < 4.78 is 1.75. The molecule has 62 valence electrons. The van der Waals surface area contributed by atoms with Gasteiger partial charge in [-0.3, -0.25) is 4.68 Å². The van der Waals surface area contributed by atoms with Crippen LogP contribution >= 0.6 is 0 Å². The van der Waals surface area contributed by atoms with E-state index in [2.05, 4.69) is 11.2 Å². The molecule has 1 fully saturated rings. The van der Waals surface area contributed by atoms with Crippen molar-refractivity contribution in [2.45, 2.75) is 18.8 Å². The lowest BCUT2D eigenvalue weighted by Crippen LogP contribution is -1.95. The number of aromatic nitrogens is 2. The van der Waals surface area contributed by atoms with Crippen molar-refractivity contribution < 1.29 is 0 Å². The topological polar surface area (TPSA) is 41.6 Å². The molecule has 0 amide bonds. The predicted molar refractivity (Wildman–Crippen MR) is 44.3 cm³/mol. The summed E-state index contributed by atoms with van der Waals surface area (Å²) in [5.74, 6) is 0.679. The SMILES string of the molecule is Cn1cc(C(C#N)C2CC2)cn1. The zero-order valence-electron chi connectivity index (χ0n) is 7.07. The highest BCUT2D eigenvalue weighted by molar-refractivity contribution is 5.22. The molecule has 3 heteroatoms. The zero-order chi connectivity index (χ0) is 8.55. The molecule has 1 aliphatic rings. The summed E-state index contributed by atoms with van der Waals surface area (Å²) in [6.07, 6.45) is 6.14. The maximum Gasteiger partial charge on any atom is 0.0771 e.